The van der Waals surface area contributed by atoms with E-state index in [4.69, 9.17) is 15.0 Å². The first-order chi connectivity index (χ1) is 10.0. The van der Waals surface area contributed by atoms with Crippen LogP contribution in [0.5, 0.6) is 0 Å². The van der Waals surface area contributed by atoms with E-state index in [1.165, 1.54) is 12.8 Å². The molecular formula is C16H21N3O2. The highest BCUT2D eigenvalue weighted by Gasteiger charge is 2.37. The van der Waals surface area contributed by atoms with E-state index >= 15 is 0 Å². The van der Waals surface area contributed by atoms with E-state index in [2.05, 4.69) is 24.0 Å². The number of nitrogen functional groups attached to an aromatic ring is 1. The molecule has 1 fully saturated rings. The summed E-state index contributed by atoms with van der Waals surface area (Å²) < 4.78 is 11.0. The minimum atomic E-state index is -0.360. The van der Waals surface area contributed by atoms with E-state index in [0.29, 0.717) is 17.6 Å². The first kappa shape index (κ1) is 14.1. The Bertz CT molecular complexity index is 615. The van der Waals surface area contributed by atoms with Crippen molar-refractivity contribution < 1.29 is 9.26 Å². The number of benzene rings is 1. The molecule has 0 saturated heterocycles. The Kier molecular flexibility index (Phi) is 3.45. The van der Waals surface area contributed by atoms with Crippen molar-refractivity contribution in [1.82, 2.24) is 10.1 Å². The standard InChI is InChI=1S/C16H21N3O2/c1-16(2,11-6-8-12(17)9-7-11)15-18-14(19-21-15)13(20-3)10-4-5-10/h6-10,13H,4-5,17H2,1-3H3. The summed E-state index contributed by atoms with van der Waals surface area (Å²) in [5, 5.41) is 4.12. The molecule has 1 aromatic carbocycles. The fourth-order valence-corrected chi connectivity index (χ4v) is 2.54. The first-order valence-corrected chi connectivity index (χ1v) is 7.25. The minimum absolute atomic E-state index is 0.0512. The van der Waals surface area contributed by atoms with Crippen LogP contribution in [0.25, 0.3) is 0 Å². The molecule has 1 unspecified atom stereocenters. The Morgan fingerprint density at radius 1 is 1.29 bits per heavy atom. The number of hydrogen-bond acceptors (Lipinski definition) is 5. The summed E-state index contributed by atoms with van der Waals surface area (Å²) in [6.07, 6.45) is 2.29. The molecule has 112 valence electrons. The van der Waals surface area contributed by atoms with Crippen LogP contribution in [-0.4, -0.2) is 17.3 Å². The van der Waals surface area contributed by atoms with Crippen molar-refractivity contribution in [1.29, 1.82) is 0 Å². The van der Waals surface area contributed by atoms with Gasteiger partial charge in [0.25, 0.3) is 0 Å². The molecular weight excluding hydrogens is 266 g/mol. The van der Waals surface area contributed by atoms with E-state index in [-0.39, 0.29) is 11.5 Å². The van der Waals surface area contributed by atoms with Crippen molar-refractivity contribution >= 4 is 5.69 Å². The molecule has 2 aromatic rings. The van der Waals surface area contributed by atoms with Crippen molar-refractivity contribution in [2.75, 3.05) is 12.8 Å². The highest BCUT2D eigenvalue weighted by atomic mass is 16.5. The van der Waals surface area contributed by atoms with Crippen LogP contribution < -0.4 is 5.73 Å². The normalized spacial score (nSPS) is 16.9. The van der Waals surface area contributed by atoms with Gasteiger partial charge in [0.15, 0.2) is 0 Å². The molecule has 1 aliphatic carbocycles. The smallest absolute Gasteiger partial charge is 0.236 e. The third kappa shape index (κ3) is 2.65. The zero-order chi connectivity index (χ0) is 15.0. The van der Waals surface area contributed by atoms with E-state index in [1.807, 2.05) is 24.3 Å². The lowest BCUT2D eigenvalue weighted by Crippen LogP contribution is -2.19. The van der Waals surface area contributed by atoms with E-state index in [1.54, 1.807) is 7.11 Å². The Morgan fingerprint density at radius 2 is 1.95 bits per heavy atom. The molecule has 1 aromatic heterocycles. The fraction of sp³-hybridized carbons (Fsp3) is 0.500. The third-order valence-corrected chi connectivity index (χ3v) is 4.17. The van der Waals surface area contributed by atoms with Crippen molar-refractivity contribution in [2.24, 2.45) is 5.92 Å². The summed E-state index contributed by atoms with van der Waals surface area (Å²) in [6, 6.07) is 7.76. The SMILES string of the molecule is COC(c1noc(C(C)(C)c2ccc(N)cc2)n1)C1CC1. The van der Waals surface area contributed by atoms with Gasteiger partial charge in [0, 0.05) is 12.8 Å². The highest BCUT2D eigenvalue weighted by Crippen LogP contribution is 2.42. The van der Waals surface area contributed by atoms with Crippen LogP contribution in [0.3, 0.4) is 0 Å². The number of aromatic nitrogens is 2. The van der Waals surface area contributed by atoms with Crippen LogP contribution in [0.1, 0.15) is 50.1 Å². The Balaban J connectivity index is 1.88. The summed E-state index contributed by atoms with van der Waals surface area (Å²) >= 11 is 0. The Morgan fingerprint density at radius 3 is 2.52 bits per heavy atom. The van der Waals surface area contributed by atoms with Gasteiger partial charge in [0.05, 0.1) is 5.41 Å². The number of nitrogens with two attached hydrogens (primary N) is 1. The summed E-state index contributed by atoms with van der Waals surface area (Å²) in [7, 11) is 1.70. The number of hydrogen-bond donors (Lipinski definition) is 1. The Labute approximate surface area is 124 Å². The zero-order valence-corrected chi connectivity index (χ0v) is 12.7. The summed E-state index contributed by atoms with van der Waals surface area (Å²) in [5.74, 6) is 1.78. The van der Waals surface area contributed by atoms with Gasteiger partial charge in [-0.2, -0.15) is 4.98 Å². The van der Waals surface area contributed by atoms with Crippen molar-refractivity contribution in [2.45, 2.75) is 38.2 Å². The van der Waals surface area contributed by atoms with Gasteiger partial charge in [0.2, 0.25) is 11.7 Å². The van der Waals surface area contributed by atoms with Crippen LogP contribution >= 0.6 is 0 Å². The lowest BCUT2D eigenvalue weighted by atomic mass is 9.84. The first-order valence-electron chi connectivity index (χ1n) is 7.25. The molecule has 0 aliphatic heterocycles. The molecule has 1 saturated carbocycles. The molecule has 0 spiro atoms. The van der Waals surface area contributed by atoms with Gasteiger partial charge in [0.1, 0.15) is 6.10 Å². The predicted octanol–water partition coefficient (Wildman–Crippen LogP) is 3.08. The maximum Gasteiger partial charge on any atom is 0.236 e. The highest BCUT2D eigenvalue weighted by molar-refractivity contribution is 5.42. The summed E-state index contributed by atoms with van der Waals surface area (Å²) in [6.45, 7) is 4.13. The quantitative estimate of drug-likeness (QED) is 0.855. The molecule has 21 heavy (non-hydrogen) atoms. The van der Waals surface area contributed by atoms with Gasteiger partial charge in [-0.25, -0.2) is 0 Å². The molecule has 5 nitrogen and oxygen atoms in total. The zero-order valence-electron chi connectivity index (χ0n) is 12.7. The van der Waals surface area contributed by atoms with Crippen LogP contribution in [-0.2, 0) is 10.2 Å². The van der Waals surface area contributed by atoms with Gasteiger partial charge in [-0.3, -0.25) is 0 Å². The van der Waals surface area contributed by atoms with Crippen molar-refractivity contribution in [3.63, 3.8) is 0 Å². The number of anilines is 1. The average molecular weight is 287 g/mol. The molecule has 5 heteroatoms. The lowest BCUT2D eigenvalue weighted by molar-refractivity contribution is 0.0751. The van der Waals surface area contributed by atoms with Gasteiger partial charge in [-0.1, -0.05) is 17.3 Å². The molecule has 0 amide bonds. The fourth-order valence-electron chi connectivity index (χ4n) is 2.54. The van der Waals surface area contributed by atoms with Gasteiger partial charge in [-0.05, 0) is 50.3 Å². The second kappa shape index (κ2) is 5.15. The van der Waals surface area contributed by atoms with Crippen LogP contribution in [0, 0.1) is 5.92 Å². The van der Waals surface area contributed by atoms with Crippen molar-refractivity contribution in [3.05, 3.63) is 41.5 Å². The largest absolute Gasteiger partial charge is 0.399 e. The lowest BCUT2D eigenvalue weighted by Gasteiger charge is -2.20. The molecule has 1 heterocycles. The second-order valence-electron chi connectivity index (χ2n) is 6.20. The number of nitrogens with zero attached hydrogens (tertiary/aromatic N) is 2. The van der Waals surface area contributed by atoms with E-state index in [9.17, 15) is 0 Å². The Hall–Kier alpha value is -1.88. The molecule has 0 radical (unpaired) electrons. The monoisotopic (exact) mass is 287 g/mol. The number of ether oxygens (including phenoxy) is 1. The topological polar surface area (TPSA) is 74.2 Å². The predicted molar refractivity (Wildman–Crippen MR) is 79.8 cm³/mol. The molecule has 3 rings (SSSR count). The van der Waals surface area contributed by atoms with Gasteiger partial charge < -0.3 is 15.0 Å². The van der Waals surface area contributed by atoms with Crippen LogP contribution in [0.2, 0.25) is 0 Å². The molecule has 0 bridgehead atoms. The summed E-state index contributed by atoms with van der Waals surface area (Å²) in [4.78, 5) is 4.58. The third-order valence-electron chi connectivity index (χ3n) is 4.17. The molecule has 2 N–H and O–H groups in total. The molecule has 1 atom stereocenters. The second-order valence-corrected chi connectivity index (χ2v) is 6.20. The van der Waals surface area contributed by atoms with E-state index in [0.717, 1.165) is 11.3 Å². The van der Waals surface area contributed by atoms with Crippen molar-refractivity contribution in [3.8, 4) is 0 Å². The maximum atomic E-state index is 5.74. The number of methoxy groups -OCH3 is 1. The van der Waals surface area contributed by atoms with Gasteiger partial charge in [-0.15, -0.1) is 0 Å². The maximum absolute atomic E-state index is 5.74. The average Bonchev–Trinajstić information content (AvgIpc) is 3.16. The van der Waals surface area contributed by atoms with Crippen LogP contribution in [0.15, 0.2) is 28.8 Å². The molecule has 1 aliphatic rings. The summed E-state index contributed by atoms with van der Waals surface area (Å²) in [5.41, 5.74) is 7.22. The number of rotatable bonds is 5. The minimum Gasteiger partial charge on any atom is -0.399 e. The van der Waals surface area contributed by atoms with Gasteiger partial charge >= 0.3 is 0 Å². The van der Waals surface area contributed by atoms with Crippen LogP contribution in [0.4, 0.5) is 5.69 Å². The van der Waals surface area contributed by atoms with E-state index < -0.39 is 0 Å².